The number of carbonyl (C=O) groups excluding carboxylic acids is 1. The molecule has 4 atom stereocenters. The van der Waals surface area contributed by atoms with Gasteiger partial charge in [0, 0.05) is 42.8 Å². The molecule has 3 heterocycles. The molecule has 0 radical (unpaired) electrons. The first-order valence-corrected chi connectivity index (χ1v) is 15.4. The maximum absolute atomic E-state index is 14.0. The first-order valence-electron chi connectivity index (χ1n) is 15.0. The zero-order chi connectivity index (χ0) is 31.1. The van der Waals surface area contributed by atoms with Crippen molar-refractivity contribution in [1.82, 2.24) is 19.8 Å². The number of alkyl halides is 1. The minimum Gasteiger partial charge on any atom is -0.462 e. The minimum absolute atomic E-state index is 0.0407. The molecule has 0 saturated carbocycles. The summed E-state index contributed by atoms with van der Waals surface area (Å²) < 4.78 is 34.0. The third kappa shape index (κ3) is 8.01. The van der Waals surface area contributed by atoms with Gasteiger partial charge in [-0.15, -0.1) is 0 Å². The van der Waals surface area contributed by atoms with Gasteiger partial charge in [0.05, 0.1) is 24.2 Å². The minimum atomic E-state index is -1.04. The highest BCUT2D eigenvalue weighted by molar-refractivity contribution is 6.31. The first-order chi connectivity index (χ1) is 20.6. The normalized spacial score (nSPS) is 21.5. The summed E-state index contributed by atoms with van der Waals surface area (Å²) in [6, 6.07) is 9.56. The quantitative estimate of drug-likeness (QED) is 0.286. The van der Waals surface area contributed by atoms with Crippen molar-refractivity contribution in [2.45, 2.75) is 76.5 Å². The first kappa shape index (κ1) is 32.6. The van der Waals surface area contributed by atoms with Crippen LogP contribution in [-0.4, -0.2) is 83.8 Å². The summed E-state index contributed by atoms with van der Waals surface area (Å²) in [6.07, 6.45) is 2.69. The Hall–Kier alpha value is -3.29. The van der Waals surface area contributed by atoms with E-state index < -0.39 is 23.9 Å². The van der Waals surface area contributed by atoms with Crippen LogP contribution in [0.3, 0.4) is 0 Å². The molecule has 2 aliphatic rings. The molecule has 2 aliphatic heterocycles. The number of carbonyl (C=O) groups is 1. The summed E-state index contributed by atoms with van der Waals surface area (Å²) >= 11 is 6.44. The van der Waals surface area contributed by atoms with Gasteiger partial charge in [-0.1, -0.05) is 56.6 Å². The summed E-state index contributed by atoms with van der Waals surface area (Å²) in [5, 5.41) is 10.2. The molecule has 8 nitrogen and oxygen atoms in total. The lowest BCUT2D eigenvalue weighted by Gasteiger charge is -2.41. The van der Waals surface area contributed by atoms with Crippen molar-refractivity contribution < 1.29 is 18.3 Å². The van der Waals surface area contributed by atoms with Gasteiger partial charge >= 0.3 is 6.01 Å². The number of aromatic nitrogens is 2. The van der Waals surface area contributed by atoms with Gasteiger partial charge in [0.1, 0.15) is 18.6 Å². The van der Waals surface area contributed by atoms with Crippen molar-refractivity contribution in [2.24, 2.45) is 0 Å². The molecule has 0 aliphatic carbocycles. The van der Waals surface area contributed by atoms with Crippen molar-refractivity contribution in [3.8, 4) is 12.1 Å². The smallest absolute Gasteiger partial charge is 0.318 e. The molecule has 2 aromatic rings. The van der Waals surface area contributed by atoms with Crippen LogP contribution in [0.4, 0.5) is 14.6 Å². The van der Waals surface area contributed by atoms with E-state index in [1.165, 1.54) is 4.90 Å². The second-order valence-corrected chi connectivity index (χ2v) is 12.0. The molecule has 1 amide bonds. The Kier molecular flexibility index (Phi) is 11.3. The van der Waals surface area contributed by atoms with Gasteiger partial charge in [-0.3, -0.25) is 9.69 Å². The van der Waals surface area contributed by atoms with E-state index in [1.54, 1.807) is 0 Å². The van der Waals surface area contributed by atoms with Crippen LogP contribution in [0.5, 0.6) is 6.01 Å². The van der Waals surface area contributed by atoms with Crippen molar-refractivity contribution in [2.75, 3.05) is 44.7 Å². The van der Waals surface area contributed by atoms with Crippen LogP contribution in [0.2, 0.25) is 5.02 Å². The largest absolute Gasteiger partial charge is 0.462 e. The standard InChI is InChI=1S/C32H41ClF2N6O2/c1-5-8-27-29(21(2)11-12-23-9-6-7-10-28(23)33)37-32(43-20-26-17-24(35)18-39(26)4)38-30(27)40-15-16-41(31(42)22(3)34)25(19-40)13-14-36/h6-7,9-10,21,24-26H,3,5,8,11-13,15-20H2,1-2,4H3. The van der Waals surface area contributed by atoms with Gasteiger partial charge in [0.15, 0.2) is 5.83 Å². The molecule has 0 bridgehead atoms. The van der Waals surface area contributed by atoms with Crippen LogP contribution in [0.1, 0.15) is 62.3 Å². The molecule has 0 N–H and O–H groups in total. The van der Waals surface area contributed by atoms with E-state index in [1.807, 2.05) is 36.2 Å². The lowest BCUT2D eigenvalue weighted by atomic mass is 9.93. The number of anilines is 1. The van der Waals surface area contributed by atoms with Crippen LogP contribution in [-0.2, 0) is 17.6 Å². The number of amides is 1. The maximum Gasteiger partial charge on any atom is 0.318 e. The Balaban J connectivity index is 1.68. The Morgan fingerprint density at radius 1 is 1.23 bits per heavy atom. The number of nitrogens with zero attached hydrogens (tertiary/aromatic N) is 6. The molecule has 0 spiro atoms. The number of aryl methyl sites for hydroxylation is 1. The maximum atomic E-state index is 14.0. The second kappa shape index (κ2) is 14.9. The predicted molar refractivity (Wildman–Crippen MR) is 164 cm³/mol. The van der Waals surface area contributed by atoms with Gasteiger partial charge < -0.3 is 14.5 Å². The van der Waals surface area contributed by atoms with Crippen LogP contribution in [0.25, 0.3) is 0 Å². The Morgan fingerprint density at radius 2 is 2.00 bits per heavy atom. The summed E-state index contributed by atoms with van der Waals surface area (Å²) in [5.41, 5.74) is 2.94. The highest BCUT2D eigenvalue weighted by Crippen LogP contribution is 2.34. The van der Waals surface area contributed by atoms with Gasteiger partial charge in [0.25, 0.3) is 5.91 Å². The topological polar surface area (TPSA) is 85.6 Å². The predicted octanol–water partition coefficient (Wildman–Crippen LogP) is 5.65. The number of hydrogen-bond donors (Lipinski definition) is 0. The summed E-state index contributed by atoms with van der Waals surface area (Å²) in [5.74, 6) is -1.09. The number of benzene rings is 1. The lowest BCUT2D eigenvalue weighted by molar-refractivity contribution is -0.131. The van der Waals surface area contributed by atoms with E-state index >= 15 is 0 Å². The van der Waals surface area contributed by atoms with Gasteiger partial charge in [-0.2, -0.15) is 15.2 Å². The number of nitriles is 1. The monoisotopic (exact) mass is 614 g/mol. The van der Waals surface area contributed by atoms with E-state index in [-0.39, 0.29) is 37.5 Å². The molecule has 2 saturated heterocycles. The molecule has 4 unspecified atom stereocenters. The van der Waals surface area contributed by atoms with Crippen LogP contribution in [0.15, 0.2) is 36.7 Å². The fourth-order valence-electron chi connectivity index (χ4n) is 6.03. The van der Waals surface area contributed by atoms with Gasteiger partial charge in [-0.05, 0) is 50.3 Å². The van der Waals surface area contributed by atoms with Crippen LogP contribution < -0.4 is 9.64 Å². The van der Waals surface area contributed by atoms with E-state index in [0.29, 0.717) is 31.9 Å². The summed E-state index contributed by atoms with van der Waals surface area (Å²) in [7, 11) is 1.88. The Morgan fingerprint density at radius 3 is 2.65 bits per heavy atom. The number of ether oxygens (including phenoxy) is 1. The Bertz CT molecular complexity index is 1340. The number of rotatable bonds is 12. The Labute approximate surface area is 258 Å². The molecule has 1 aromatic carbocycles. The summed E-state index contributed by atoms with van der Waals surface area (Å²) in [4.78, 5) is 27.7. The molecule has 232 valence electrons. The van der Waals surface area contributed by atoms with Crippen LogP contribution in [0, 0.1) is 11.3 Å². The van der Waals surface area contributed by atoms with Crippen molar-refractivity contribution in [1.29, 1.82) is 5.26 Å². The molecule has 4 rings (SSSR count). The summed E-state index contributed by atoms with van der Waals surface area (Å²) in [6.45, 7) is 8.95. The van der Waals surface area contributed by atoms with Gasteiger partial charge in [0.2, 0.25) is 0 Å². The number of likely N-dealkylation sites (N-methyl/N-ethyl adjacent to an activating group) is 1. The molecular weight excluding hydrogens is 574 g/mol. The van der Waals surface area contributed by atoms with Gasteiger partial charge in [-0.25, -0.2) is 8.78 Å². The highest BCUT2D eigenvalue weighted by Gasteiger charge is 2.35. The molecular formula is C32H41ClF2N6O2. The van der Waals surface area contributed by atoms with E-state index in [2.05, 4.69) is 31.4 Å². The SMILES string of the molecule is C=C(F)C(=O)N1CCN(c2nc(OCC3CC(F)CN3C)nc(C(C)CCc3ccccc3Cl)c2CCC)CC1CC#N. The number of piperazine rings is 1. The third-order valence-electron chi connectivity index (χ3n) is 8.41. The average molecular weight is 615 g/mol. The average Bonchev–Trinajstić information content (AvgIpc) is 3.31. The zero-order valence-electron chi connectivity index (χ0n) is 25.2. The fraction of sp³-hybridized carbons (Fsp3) is 0.562. The highest BCUT2D eigenvalue weighted by atomic mass is 35.5. The van der Waals surface area contributed by atoms with E-state index in [4.69, 9.17) is 26.3 Å². The van der Waals surface area contributed by atoms with Crippen LogP contribution >= 0.6 is 11.6 Å². The van der Waals surface area contributed by atoms with Crippen molar-refractivity contribution >= 4 is 23.3 Å². The van der Waals surface area contributed by atoms with E-state index in [0.717, 1.165) is 47.5 Å². The zero-order valence-corrected chi connectivity index (χ0v) is 26.0. The van der Waals surface area contributed by atoms with Crippen molar-refractivity contribution in [3.05, 3.63) is 58.5 Å². The second-order valence-electron chi connectivity index (χ2n) is 11.6. The number of likely N-dealkylation sites (tertiary alicyclic amines) is 1. The fourth-order valence-corrected chi connectivity index (χ4v) is 6.26. The van der Waals surface area contributed by atoms with Crippen molar-refractivity contribution in [3.63, 3.8) is 0 Å². The lowest BCUT2D eigenvalue weighted by Crippen LogP contribution is -2.55. The van der Waals surface area contributed by atoms with E-state index in [9.17, 15) is 18.8 Å². The molecule has 43 heavy (non-hydrogen) atoms. The third-order valence-corrected chi connectivity index (χ3v) is 8.78. The molecule has 11 heteroatoms. The molecule has 1 aromatic heterocycles. The number of hydrogen-bond acceptors (Lipinski definition) is 7. The molecule has 2 fully saturated rings. The number of halogens is 3.